The van der Waals surface area contributed by atoms with Crippen molar-refractivity contribution < 1.29 is 4.74 Å². The van der Waals surface area contributed by atoms with Gasteiger partial charge in [-0.2, -0.15) is 0 Å². The van der Waals surface area contributed by atoms with E-state index in [4.69, 9.17) is 16.2 Å². The third kappa shape index (κ3) is 18.6. The van der Waals surface area contributed by atoms with Crippen molar-refractivity contribution in [3.05, 3.63) is 60.2 Å². The highest BCUT2D eigenvalue weighted by atomic mass is 16.5. The second-order valence-electron chi connectivity index (χ2n) is 8.57. The molecule has 3 unspecified atom stereocenters. The number of hydrogen-bond acceptors (Lipinski definition) is 3. The van der Waals surface area contributed by atoms with E-state index in [9.17, 15) is 0 Å². The van der Waals surface area contributed by atoms with Gasteiger partial charge in [0.25, 0.3) is 0 Å². The van der Waals surface area contributed by atoms with Crippen molar-refractivity contribution in [3.63, 3.8) is 0 Å². The fraction of sp³-hybridized carbons (Fsp3) is 0.643. The van der Waals surface area contributed by atoms with Crippen LogP contribution in [0.5, 0.6) is 0 Å². The van der Waals surface area contributed by atoms with Gasteiger partial charge in [-0.15, -0.1) is 0 Å². The minimum atomic E-state index is 0.525. The standard InChI is InChI=1S/C20H36O.C8H16N2/c1-8-10-11-16(3)17(4)12-13-18(5)19(6)14-15-20(7)21-9-2;1-3-5-8(10)6-7(9)4-2/h14-18H,6-13H2,1-5H3;5-6H,3-4,9-10H2,1-2H3/b15-14-;7-6+,8-5+. The van der Waals surface area contributed by atoms with E-state index in [1.54, 1.807) is 0 Å². The van der Waals surface area contributed by atoms with Crippen LogP contribution in [0.1, 0.15) is 93.4 Å². The lowest BCUT2D eigenvalue weighted by atomic mass is 9.84. The second kappa shape index (κ2) is 20.0. The van der Waals surface area contributed by atoms with Crippen LogP contribution in [0.2, 0.25) is 0 Å². The van der Waals surface area contributed by atoms with E-state index in [1.165, 1.54) is 37.7 Å². The highest BCUT2D eigenvalue weighted by Gasteiger charge is 2.14. The number of rotatable bonds is 15. The minimum Gasteiger partial charge on any atom is -0.495 e. The fourth-order valence-corrected chi connectivity index (χ4v) is 3.00. The summed E-state index contributed by atoms with van der Waals surface area (Å²) in [4.78, 5) is 0. The topological polar surface area (TPSA) is 61.3 Å². The quantitative estimate of drug-likeness (QED) is 0.203. The Hall–Kier alpha value is -1.90. The van der Waals surface area contributed by atoms with Crippen molar-refractivity contribution in [2.75, 3.05) is 6.61 Å². The molecule has 0 aliphatic carbocycles. The molecule has 0 amide bonds. The fourth-order valence-electron chi connectivity index (χ4n) is 3.00. The summed E-state index contributed by atoms with van der Waals surface area (Å²) in [6.07, 6.45) is 16.1. The van der Waals surface area contributed by atoms with Gasteiger partial charge in [0.05, 0.1) is 6.61 Å². The Balaban J connectivity index is 0. The number of nitrogens with two attached hydrogens (primary N) is 2. The number of allylic oxidation sites excluding steroid dienone is 6. The lowest BCUT2D eigenvalue weighted by Gasteiger charge is -2.21. The summed E-state index contributed by atoms with van der Waals surface area (Å²) in [6, 6.07) is 0. The maximum absolute atomic E-state index is 5.57. The highest BCUT2D eigenvalue weighted by molar-refractivity contribution is 5.23. The predicted molar refractivity (Wildman–Crippen MR) is 140 cm³/mol. The molecule has 0 fully saturated rings. The molecule has 180 valence electrons. The largest absolute Gasteiger partial charge is 0.495 e. The summed E-state index contributed by atoms with van der Waals surface area (Å²) in [7, 11) is 0. The molecule has 0 spiro atoms. The Morgan fingerprint density at radius 3 is 2.03 bits per heavy atom. The third-order valence-corrected chi connectivity index (χ3v) is 5.69. The van der Waals surface area contributed by atoms with E-state index in [0.29, 0.717) is 18.3 Å². The van der Waals surface area contributed by atoms with Gasteiger partial charge in [0, 0.05) is 11.4 Å². The van der Waals surface area contributed by atoms with Gasteiger partial charge < -0.3 is 16.2 Å². The van der Waals surface area contributed by atoms with E-state index in [0.717, 1.165) is 36.1 Å². The molecule has 3 heteroatoms. The molecule has 0 aliphatic heterocycles. The molecule has 3 atom stereocenters. The summed E-state index contributed by atoms with van der Waals surface area (Å²) < 4.78 is 5.32. The van der Waals surface area contributed by atoms with Crippen LogP contribution < -0.4 is 11.5 Å². The Morgan fingerprint density at radius 2 is 1.52 bits per heavy atom. The molecule has 3 nitrogen and oxygen atoms in total. The highest BCUT2D eigenvalue weighted by Crippen LogP contribution is 2.26. The van der Waals surface area contributed by atoms with Crippen molar-refractivity contribution in [2.45, 2.75) is 93.4 Å². The average Bonchev–Trinajstić information content (AvgIpc) is 2.74. The van der Waals surface area contributed by atoms with Crippen molar-refractivity contribution in [1.29, 1.82) is 0 Å². The van der Waals surface area contributed by atoms with E-state index < -0.39 is 0 Å². The van der Waals surface area contributed by atoms with E-state index in [-0.39, 0.29) is 0 Å². The van der Waals surface area contributed by atoms with Crippen molar-refractivity contribution in [3.8, 4) is 0 Å². The summed E-state index contributed by atoms with van der Waals surface area (Å²) in [5.74, 6) is 2.87. The van der Waals surface area contributed by atoms with E-state index >= 15 is 0 Å². The zero-order chi connectivity index (χ0) is 24.2. The maximum atomic E-state index is 5.57. The number of ether oxygens (including phenoxy) is 1. The molecule has 0 saturated carbocycles. The first-order valence-electron chi connectivity index (χ1n) is 12.2. The molecular weight excluding hydrogens is 380 g/mol. The van der Waals surface area contributed by atoms with Crippen LogP contribution in [0.4, 0.5) is 0 Å². The first-order chi connectivity index (χ1) is 14.6. The van der Waals surface area contributed by atoms with Crippen molar-refractivity contribution in [2.24, 2.45) is 29.2 Å². The minimum absolute atomic E-state index is 0.525. The molecule has 4 N–H and O–H groups in total. The Morgan fingerprint density at radius 1 is 0.903 bits per heavy atom. The van der Waals surface area contributed by atoms with Gasteiger partial charge in [0.2, 0.25) is 0 Å². The van der Waals surface area contributed by atoms with Crippen molar-refractivity contribution in [1.82, 2.24) is 0 Å². The predicted octanol–water partition coefficient (Wildman–Crippen LogP) is 8.02. The zero-order valence-electron chi connectivity index (χ0n) is 21.7. The molecule has 0 rings (SSSR count). The summed E-state index contributed by atoms with van der Waals surface area (Å²) in [5.41, 5.74) is 13.9. The molecule has 0 radical (unpaired) electrons. The van der Waals surface area contributed by atoms with Gasteiger partial charge in [0.1, 0.15) is 5.76 Å². The first kappa shape index (κ1) is 31.3. The van der Waals surface area contributed by atoms with Crippen LogP contribution in [-0.2, 0) is 4.74 Å². The normalized spacial score (nSPS) is 15.1. The SMILES string of the molecule is C=C(/C=C\C(=C)C(C)CCC(C)C(C)CCCC)OCC.CC/C=C(N)\C=C(\N)CC. The van der Waals surface area contributed by atoms with Crippen LogP contribution in [0.25, 0.3) is 0 Å². The molecular formula is C28H52N2O. The van der Waals surface area contributed by atoms with Crippen LogP contribution >= 0.6 is 0 Å². The van der Waals surface area contributed by atoms with Crippen molar-refractivity contribution >= 4 is 0 Å². The molecule has 0 heterocycles. The van der Waals surface area contributed by atoms with E-state index in [2.05, 4.69) is 40.9 Å². The molecule has 31 heavy (non-hydrogen) atoms. The van der Waals surface area contributed by atoms with Gasteiger partial charge >= 0.3 is 0 Å². The average molecular weight is 433 g/mol. The van der Waals surface area contributed by atoms with Gasteiger partial charge in [-0.05, 0) is 62.5 Å². The molecule has 0 bridgehead atoms. The number of unbranched alkanes of at least 4 members (excludes halogenated alkanes) is 1. The lowest BCUT2D eigenvalue weighted by Crippen LogP contribution is -2.10. The van der Waals surface area contributed by atoms with Crippen LogP contribution in [0, 0.1) is 17.8 Å². The monoisotopic (exact) mass is 432 g/mol. The summed E-state index contributed by atoms with van der Waals surface area (Å²) in [5, 5.41) is 0. The Bertz CT molecular complexity index is 572. The number of hydrogen-bond donors (Lipinski definition) is 2. The van der Waals surface area contributed by atoms with E-state index in [1.807, 2.05) is 45.1 Å². The maximum Gasteiger partial charge on any atom is 0.112 e. The summed E-state index contributed by atoms with van der Waals surface area (Å²) in [6.45, 7) is 24.0. The van der Waals surface area contributed by atoms with Crippen LogP contribution in [0.3, 0.4) is 0 Å². The Labute approximate surface area is 194 Å². The van der Waals surface area contributed by atoms with Crippen LogP contribution in [0.15, 0.2) is 60.2 Å². The van der Waals surface area contributed by atoms with Gasteiger partial charge in [-0.3, -0.25) is 0 Å². The smallest absolute Gasteiger partial charge is 0.112 e. The third-order valence-electron chi connectivity index (χ3n) is 5.69. The van der Waals surface area contributed by atoms with Gasteiger partial charge in [-0.1, -0.05) is 91.7 Å². The first-order valence-corrected chi connectivity index (χ1v) is 12.2. The second-order valence-corrected chi connectivity index (χ2v) is 8.57. The molecule has 0 aromatic carbocycles. The van der Waals surface area contributed by atoms with Gasteiger partial charge in [-0.25, -0.2) is 0 Å². The molecule has 0 saturated heterocycles. The van der Waals surface area contributed by atoms with Crippen LogP contribution in [-0.4, -0.2) is 6.61 Å². The Kier molecular flexibility index (Phi) is 20.2. The summed E-state index contributed by atoms with van der Waals surface area (Å²) >= 11 is 0. The molecule has 0 aliphatic rings. The molecule has 0 aromatic heterocycles. The lowest BCUT2D eigenvalue weighted by molar-refractivity contribution is 0.244. The molecule has 0 aromatic rings. The van der Waals surface area contributed by atoms with Gasteiger partial charge in [0.15, 0.2) is 0 Å². The zero-order valence-corrected chi connectivity index (χ0v) is 21.7.